The third-order valence-corrected chi connectivity index (χ3v) is 5.83. The molecule has 31 heavy (non-hydrogen) atoms. The second-order valence-corrected chi connectivity index (χ2v) is 7.53. The van der Waals surface area contributed by atoms with Crippen LogP contribution in [-0.2, 0) is 9.59 Å². The SMILES string of the molecule is CN1C(=O)c2ccc(-n3cccn3)cc2N2C(=O)CCC12C(=O)Nc1cccc(F)c1. The van der Waals surface area contributed by atoms with Crippen molar-refractivity contribution in [1.82, 2.24) is 14.7 Å². The van der Waals surface area contributed by atoms with E-state index in [2.05, 4.69) is 10.4 Å². The summed E-state index contributed by atoms with van der Waals surface area (Å²) >= 11 is 0. The molecule has 156 valence electrons. The van der Waals surface area contributed by atoms with E-state index in [1.54, 1.807) is 47.4 Å². The van der Waals surface area contributed by atoms with Crippen LogP contribution in [-0.4, -0.2) is 45.1 Å². The van der Waals surface area contributed by atoms with Crippen LogP contribution >= 0.6 is 0 Å². The van der Waals surface area contributed by atoms with Gasteiger partial charge >= 0.3 is 0 Å². The summed E-state index contributed by atoms with van der Waals surface area (Å²) in [6.07, 6.45) is 3.59. The second kappa shape index (κ2) is 6.76. The highest BCUT2D eigenvalue weighted by Gasteiger charge is 2.59. The zero-order chi connectivity index (χ0) is 21.8. The Bertz CT molecular complexity index is 1230. The van der Waals surface area contributed by atoms with Gasteiger partial charge in [0.15, 0.2) is 0 Å². The van der Waals surface area contributed by atoms with E-state index in [1.165, 1.54) is 35.0 Å². The number of fused-ring (bicyclic) bond motifs is 3. The van der Waals surface area contributed by atoms with E-state index in [0.29, 0.717) is 16.9 Å². The van der Waals surface area contributed by atoms with Gasteiger partial charge in [-0.05, 0) is 42.5 Å². The Morgan fingerprint density at radius 1 is 1.16 bits per heavy atom. The molecule has 5 rings (SSSR count). The lowest BCUT2D eigenvalue weighted by Crippen LogP contribution is -2.68. The third-order valence-electron chi connectivity index (χ3n) is 5.83. The summed E-state index contributed by atoms with van der Waals surface area (Å²) in [5.41, 5.74) is 0.0302. The van der Waals surface area contributed by atoms with Crippen LogP contribution in [0.15, 0.2) is 60.9 Å². The molecule has 9 heteroatoms. The van der Waals surface area contributed by atoms with Crippen molar-refractivity contribution in [2.24, 2.45) is 0 Å². The van der Waals surface area contributed by atoms with Crippen LogP contribution in [0.3, 0.4) is 0 Å². The summed E-state index contributed by atoms with van der Waals surface area (Å²) in [5.74, 6) is -1.72. The molecule has 3 aromatic rings. The number of carbonyl (C=O) groups is 3. The van der Waals surface area contributed by atoms with Crippen molar-refractivity contribution in [3.8, 4) is 5.69 Å². The topological polar surface area (TPSA) is 87.5 Å². The van der Waals surface area contributed by atoms with E-state index in [0.717, 1.165) is 0 Å². The molecular weight excluding hydrogens is 401 g/mol. The number of likely N-dealkylation sites (N-methyl/N-ethyl adjacent to an activating group) is 1. The van der Waals surface area contributed by atoms with Crippen LogP contribution < -0.4 is 10.2 Å². The van der Waals surface area contributed by atoms with Gasteiger partial charge in [-0.15, -0.1) is 0 Å². The Labute approximate surface area is 176 Å². The van der Waals surface area contributed by atoms with E-state index in [4.69, 9.17) is 0 Å². The lowest BCUT2D eigenvalue weighted by Gasteiger charge is -2.47. The monoisotopic (exact) mass is 419 g/mol. The average molecular weight is 419 g/mol. The maximum atomic E-state index is 13.6. The quantitative estimate of drug-likeness (QED) is 0.707. The van der Waals surface area contributed by atoms with Crippen molar-refractivity contribution >= 4 is 29.1 Å². The van der Waals surface area contributed by atoms with Crippen molar-refractivity contribution < 1.29 is 18.8 Å². The molecule has 0 spiro atoms. The van der Waals surface area contributed by atoms with Crippen LogP contribution in [0.5, 0.6) is 0 Å². The highest BCUT2D eigenvalue weighted by Crippen LogP contribution is 2.45. The van der Waals surface area contributed by atoms with Gasteiger partial charge in [0, 0.05) is 38.0 Å². The maximum absolute atomic E-state index is 13.6. The van der Waals surface area contributed by atoms with E-state index in [9.17, 15) is 18.8 Å². The Kier molecular flexibility index (Phi) is 4.14. The molecule has 0 bridgehead atoms. The van der Waals surface area contributed by atoms with Crippen molar-refractivity contribution in [1.29, 1.82) is 0 Å². The van der Waals surface area contributed by atoms with Gasteiger partial charge in [-0.2, -0.15) is 5.10 Å². The van der Waals surface area contributed by atoms with Crippen LogP contribution in [0.4, 0.5) is 15.8 Å². The first-order valence-electron chi connectivity index (χ1n) is 9.74. The standard InChI is InChI=1S/C22H18FN5O3/c1-26-20(30)17-7-6-16(27-11-3-10-24-27)13-18(17)28-19(29)8-9-22(26,28)21(31)25-15-5-2-4-14(23)12-15/h2-7,10-13H,8-9H2,1H3,(H,25,31). The van der Waals surface area contributed by atoms with E-state index in [-0.39, 0.29) is 30.3 Å². The summed E-state index contributed by atoms with van der Waals surface area (Å²) in [6.45, 7) is 0. The zero-order valence-corrected chi connectivity index (χ0v) is 16.6. The van der Waals surface area contributed by atoms with Crippen LogP contribution in [0.25, 0.3) is 5.69 Å². The Hall–Kier alpha value is -4.01. The second-order valence-electron chi connectivity index (χ2n) is 7.53. The highest BCUT2D eigenvalue weighted by molar-refractivity contribution is 6.18. The van der Waals surface area contributed by atoms with Crippen LogP contribution in [0, 0.1) is 5.82 Å². The zero-order valence-electron chi connectivity index (χ0n) is 16.6. The largest absolute Gasteiger partial charge is 0.322 e. The predicted octanol–water partition coefficient (Wildman–Crippen LogP) is 2.56. The van der Waals surface area contributed by atoms with Gasteiger partial charge in [-0.25, -0.2) is 9.07 Å². The minimum atomic E-state index is -1.55. The number of halogens is 1. The highest BCUT2D eigenvalue weighted by atomic mass is 19.1. The number of benzene rings is 2. The van der Waals surface area contributed by atoms with Crippen molar-refractivity contribution in [2.45, 2.75) is 18.5 Å². The number of hydrogen-bond donors (Lipinski definition) is 1. The number of rotatable bonds is 3. The predicted molar refractivity (Wildman–Crippen MR) is 110 cm³/mol. The number of amides is 3. The summed E-state index contributed by atoms with van der Waals surface area (Å²) in [5, 5.41) is 6.87. The van der Waals surface area contributed by atoms with Gasteiger partial charge in [-0.3, -0.25) is 19.3 Å². The fraction of sp³-hybridized carbons (Fsp3) is 0.182. The molecular formula is C22H18FN5O3. The molecule has 1 fully saturated rings. The molecule has 1 unspecified atom stereocenters. The fourth-order valence-electron chi connectivity index (χ4n) is 4.33. The van der Waals surface area contributed by atoms with Gasteiger partial charge in [0.05, 0.1) is 16.9 Å². The molecule has 3 heterocycles. The summed E-state index contributed by atoms with van der Waals surface area (Å²) in [4.78, 5) is 42.3. The minimum absolute atomic E-state index is 0.0969. The Morgan fingerprint density at radius 3 is 2.74 bits per heavy atom. The van der Waals surface area contributed by atoms with Crippen LogP contribution in [0.1, 0.15) is 23.2 Å². The first-order chi connectivity index (χ1) is 14.9. The maximum Gasteiger partial charge on any atom is 0.271 e. The lowest BCUT2D eigenvalue weighted by atomic mass is 9.96. The van der Waals surface area contributed by atoms with Gasteiger partial charge in [-0.1, -0.05) is 6.07 Å². The number of nitrogens with one attached hydrogen (secondary N) is 1. The average Bonchev–Trinajstić information content (AvgIpc) is 3.41. The summed E-state index contributed by atoms with van der Waals surface area (Å²) < 4.78 is 15.2. The normalized spacial score (nSPS) is 19.9. The van der Waals surface area contributed by atoms with Crippen LogP contribution in [0.2, 0.25) is 0 Å². The molecule has 2 aliphatic heterocycles. The van der Waals surface area contributed by atoms with E-state index < -0.39 is 17.4 Å². The lowest BCUT2D eigenvalue weighted by molar-refractivity contribution is -0.128. The molecule has 0 aliphatic carbocycles. The van der Waals surface area contributed by atoms with E-state index in [1.807, 2.05) is 0 Å². The fourth-order valence-corrected chi connectivity index (χ4v) is 4.33. The first kappa shape index (κ1) is 19.0. The van der Waals surface area contributed by atoms with Gasteiger partial charge in [0.1, 0.15) is 5.82 Å². The smallest absolute Gasteiger partial charge is 0.271 e. The number of aromatic nitrogens is 2. The van der Waals surface area contributed by atoms with Crippen molar-refractivity contribution in [2.75, 3.05) is 17.3 Å². The number of nitrogens with zero attached hydrogens (tertiary/aromatic N) is 4. The summed E-state index contributed by atoms with van der Waals surface area (Å²) in [6, 6.07) is 12.3. The summed E-state index contributed by atoms with van der Waals surface area (Å²) in [7, 11) is 1.50. The number of carbonyl (C=O) groups excluding carboxylic acids is 3. The number of hydrogen-bond acceptors (Lipinski definition) is 4. The van der Waals surface area contributed by atoms with Gasteiger partial charge < -0.3 is 10.2 Å². The van der Waals surface area contributed by atoms with Crippen molar-refractivity contribution in [3.63, 3.8) is 0 Å². The van der Waals surface area contributed by atoms with Crippen molar-refractivity contribution in [3.05, 3.63) is 72.3 Å². The minimum Gasteiger partial charge on any atom is -0.322 e. The van der Waals surface area contributed by atoms with E-state index >= 15 is 0 Å². The Morgan fingerprint density at radius 2 is 2.00 bits per heavy atom. The molecule has 1 saturated heterocycles. The molecule has 1 atom stereocenters. The molecule has 1 aromatic heterocycles. The first-order valence-corrected chi connectivity index (χ1v) is 9.74. The Balaban J connectivity index is 1.63. The molecule has 0 saturated carbocycles. The van der Waals surface area contributed by atoms with Gasteiger partial charge in [0.25, 0.3) is 11.8 Å². The number of anilines is 2. The molecule has 1 N–H and O–H groups in total. The van der Waals surface area contributed by atoms with Gasteiger partial charge in [0.2, 0.25) is 11.6 Å². The molecule has 2 aromatic carbocycles. The third kappa shape index (κ3) is 2.73. The molecule has 8 nitrogen and oxygen atoms in total. The molecule has 3 amide bonds. The molecule has 0 radical (unpaired) electrons. The molecule has 2 aliphatic rings.